The highest BCUT2D eigenvalue weighted by Gasteiger charge is 2.08. The van der Waals surface area contributed by atoms with Gasteiger partial charge in [0.25, 0.3) is 0 Å². The maximum Gasteiger partial charge on any atom is 0.310 e. The molecule has 0 aliphatic rings. The lowest BCUT2D eigenvalue weighted by atomic mass is 10.0. The summed E-state index contributed by atoms with van der Waals surface area (Å²) in [5, 5.41) is 0. The molecule has 12 heavy (non-hydrogen) atoms. The van der Waals surface area contributed by atoms with Gasteiger partial charge in [-0.05, 0) is 5.92 Å². The van der Waals surface area contributed by atoms with E-state index in [1.54, 1.807) is 0 Å². The van der Waals surface area contributed by atoms with Crippen molar-refractivity contribution >= 4 is 5.97 Å². The Hall–Kier alpha value is -0.790. The van der Waals surface area contributed by atoms with E-state index in [9.17, 15) is 4.79 Å². The van der Waals surface area contributed by atoms with Crippen molar-refractivity contribution in [1.29, 1.82) is 0 Å². The van der Waals surface area contributed by atoms with Crippen molar-refractivity contribution in [2.75, 3.05) is 0 Å². The zero-order chi connectivity index (χ0) is 9.40. The van der Waals surface area contributed by atoms with Crippen LogP contribution in [0.3, 0.4) is 0 Å². The van der Waals surface area contributed by atoms with Crippen LogP contribution in [0.2, 0.25) is 0 Å². The summed E-state index contributed by atoms with van der Waals surface area (Å²) in [6, 6.07) is 0. The Labute approximate surface area is 74.6 Å². The fourth-order valence-corrected chi connectivity index (χ4v) is 1.08. The quantitative estimate of drug-likeness (QED) is 0.452. The number of rotatable bonds is 6. The standard InChI is InChI=1S/C10H18O2/c1-4-6-7-9(3)8-10(11)12-5-2/h5,9H,2,4,6-8H2,1,3H3. The molecule has 0 saturated carbocycles. The Bertz CT molecular complexity index is 141. The molecule has 0 aromatic heterocycles. The Balaban J connectivity index is 3.46. The van der Waals surface area contributed by atoms with Crippen LogP contribution in [0.1, 0.15) is 39.5 Å². The van der Waals surface area contributed by atoms with Crippen LogP contribution < -0.4 is 0 Å². The van der Waals surface area contributed by atoms with Crippen LogP contribution >= 0.6 is 0 Å². The van der Waals surface area contributed by atoms with E-state index < -0.39 is 0 Å². The molecule has 0 aliphatic heterocycles. The average molecular weight is 170 g/mol. The van der Waals surface area contributed by atoms with Crippen LogP contribution in [0, 0.1) is 5.92 Å². The number of ether oxygens (including phenoxy) is 1. The van der Waals surface area contributed by atoms with Gasteiger partial charge in [-0.1, -0.05) is 39.7 Å². The first-order valence-corrected chi connectivity index (χ1v) is 4.51. The van der Waals surface area contributed by atoms with E-state index in [2.05, 4.69) is 25.2 Å². The third-order valence-electron chi connectivity index (χ3n) is 1.78. The fraction of sp³-hybridized carbons (Fsp3) is 0.700. The van der Waals surface area contributed by atoms with Gasteiger partial charge in [0, 0.05) is 6.42 Å². The first-order chi connectivity index (χ1) is 5.70. The van der Waals surface area contributed by atoms with E-state index in [1.165, 1.54) is 19.1 Å². The summed E-state index contributed by atoms with van der Waals surface area (Å²) in [5.74, 6) is 0.256. The Kier molecular flexibility index (Phi) is 6.44. The highest BCUT2D eigenvalue weighted by molar-refractivity contribution is 5.70. The second-order valence-corrected chi connectivity index (χ2v) is 3.11. The van der Waals surface area contributed by atoms with Crippen molar-refractivity contribution in [3.63, 3.8) is 0 Å². The third kappa shape index (κ3) is 5.96. The molecule has 0 heterocycles. The zero-order valence-corrected chi connectivity index (χ0v) is 8.01. The molecule has 2 heteroatoms. The molecule has 0 amide bonds. The minimum absolute atomic E-state index is 0.173. The van der Waals surface area contributed by atoms with Gasteiger partial charge in [-0.3, -0.25) is 4.79 Å². The summed E-state index contributed by atoms with van der Waals surface area (Å²) in [6.07, 6.45) is 5.16. The summed E-state index contributed by atoms with van der Waals surface area (Å²) in [6.45, 7) is 7.54. The second-order valence-electron chi connectivity index (χ2n) is 3.11. The molecule has 0 bridgehead atoms. The number of carbonyl (C=O) groups is 1. The molecule has 0 fully saturated rings. The highest BCUT2D eigenvalue weighted by atomic mass is 16.5. The van der Waals surface area contributed by atoms with Crippen molar-refractivity contribution in [2.45, 2.75) is 39.5 Å². The molecule has 0 aliphatic carbocycles. The highest BCUT2D eigenvalue weighted by Crippen LogP contribution is 2.12. The summed E-state index contributed by atoms with van der Waals surface area (Å²) < 4.78 is 4.62. The molecular formula is C10H18O2. The normalized spacial score (nSPS) is 12.2. The van der Waals surface area contributed by atoms with Crippen LogP contribution in [-0.2, 0) is 9.53 Å². The minimum Gasteiger partial charge on any atom is -0.435 e. The molecule has 70 valence electrons. The van der Waals surface area contributed by atoms with Crippen LogP contribution in [0.4, 0.5) is 0 Å². The molecule has 0 rings (SSSR count). The number of esters is 1. The topological polar surface area (TPSA) is 26.3 Å². The second kappa shape index (κ2) is 6.89. The summed E-state index contributed by atoms with van der Waals surface area (Å²) in [5.41, 5.74) is 0. The molecule has 0 aromatic rings. The largest absolute Gasteiger partial charge is 0.435 e. The van der Waals surface area contributed by atoms with E-state index in [0.29, 0.717) is 12.3 Å². The maximum atomic E-state index is 10.9. The van der Waals surface area contributed by atoms with E-state index in [0.717, 1.165) is 6.42 Å². The van der Waals surface area contributed by atoms with E-state index in [4.69, 9.17) is 0 Å². The van der Waals surface area contributed by atoms with Crippen LogP contribution in [0.5, 0.6) is 0 Å². The number of hydrogen-bond acceptors (Lipinski definition) is 2. The molecule has 1 unspecified atom stereocenters. The predicted molar refractivity (Wildman–Crippen MR) is 49.6 cm³/mol. The van der Waals surface area contributed by atoms with Gasteiger partial charge < -0.3 is 4.74 Å². The number of carbonyl (C=O) groups excluding carboxylic acids is 1. The predicted octanol–water partition coefficient (Wildman–Crippen LogP) is 2.89. The Morgan fingerprint density at radius 1 is 1.67 bits per heavy atom. The van der Waals surface area contributed by atoms with E-state index in [1.807, 2.05) is 0 Å². The van der Waals surface area contributed by atoms with Gasteiger partial charge in [0.15, 0.2) is 0 Å². The SMILES string of the molecule is C=COC(=O)CC(C)CCCC. The lowest BCUT2D eigenvalue weighted by molar-refractivity contribution is -0.138. The van der Waals surface area contributed by atoms with Gasteiger partial charge >= 0.3 is 5.97 Å². The van der Waals surface area contributed by atoms with E-state index in [-0.39, 0.29) is 5.97 Å². The smallest absolute Gasteiger partial charge is 0.310 e. The lowest BCUT2D eigenvalue weighted by Gasteiger charge is -2.07. The number of hydrogen-bond donors (Lipinski definition) is 0. The van der Waals surface area contributed by atoms with Gasteiger partial charge in [0.1, 0.15) is 0 Å². The zero-order valence-electron chi connectivity index (χ0n) is 8.01. The maximum absolute atomic E-state index is 10.9. The Morgan fingerprint density at radius 2 is 2.33 bits per heavy atom. The van der Waals surface area contributed by atoms with Gasteiger partial charge in [-0.15, -0.1) is 0 Å². The molecule has 0 N–H and O–H groups in total. The molecule has 0 spiro atoms. The summed E-state index contributed by atoms with van der Waals surface area (Å²) in [7, 11) is 0. The molecule has 0 aromatic carbocycles. The van der Waals surface area contributed by atoms with Crippen molar-refractivity contribution in [3.8, 4) is 0 Å². The fourth-order valence-electron chi connectivity index (χ4n) is 1.08. The van der Waals surface area contributed by atoms with E-state index >= 15 is 0 Å². The van der Waals surface area contributed by atoms with Gasteiger partial charge in [-0.25, -0.2) is 0 Å². The van der Waals surface area contributed by atoms with Crippen LogP contribution in [-0.4, -0.2) is 5.97 Å². The molecule has 1 atom stereocenters. The van der Waals surface area contributed by atoms with Crippen LogP contribution in [0.15, 0.2) is 12.8 Å². The van der Waals surface area contributed by atoms with Gasteiger partial charge in [0.2, 0.25) is 0 Å². The van der Waals surface area contributed by atoms with Crippen molar-refractivity contribution in [1.82, 2.24) is 0 Å². The van der Waals surface area contributed by atoms with Gasteiger partial charge in [0.05, 0.1) is 6.26 Å². The average Bonchev–Trinajstić information content (AvgIpc) is 2.01. The van der Waals surface area contributed by atoms with Crippen molar-refractivity contribution in [2.24, 2.45) is 5.92 Å². The number of unbranched alkanes of at least 4 members (excludes halogenated alkanes) is 1. The minimum atomic E-state index is -0.173. The first kappa shape index (κ1) is 11.2. The van der Waals surface area contributed by atoms with Gasteiger partial charge in [-0.2, -0.15) is 0 Å². The Morgan fingerprint density at radius 3 is 2.83 bits per heavy atom. The first-order valence-electron chi connectivity index (χ1n) is 4.51. The molecule has 0 saturated heterocycles. The molecule has 2 nitrogen and oxygen atoms in total. The molecular weight excluding hydrogens is 152 g/mol. The summed E-state index contributed by atoms with van der Waals surface area (Å²) >= 11 is 0. The van der Waals surface area contributed by atoms with Crippen LogP contribution in [0.25, 0.3) is 0 Å². The monoisotopic (exact) mass is 170 g/mol. The summed E-state index contributed by atoms with van der Waals surface area (Å²) in [4.78, 5) is 10.9. The lowest BCUT2D eigenvalue weighted by Crippen LogP contribution is -2.06. The van der Waals surface area contributed by atoms with Crippen molar-refractivity contribution < 1.29 is 9.53 Å². The third-order valence-corrected chi connectivity index (χ3v) is 1.78. The van der Waals surface area contributed by atoms with Crippen molar-refractivity contribution in [3.05, 3.63) is 12.8 Å². The molecule has 0 radical (unpaired) electrons.